The molecule has 37 heavy (non-hydrogen) atoms. The van der Waals surface area contributed by atoms with Crippen molar-refractivity contribution < 1.29 is 45.4 Å². The SMILES string of the molecule is CCOC(=O)N1c2ccc(Br)cc2[C@@H](N(Cc2cc(C(F)(F)F)cc(C(F)(F)F)c2)C(=O)OC)C[C@H]1C. The van der Waals surface area contributed by atoms with Gasteiger partial charge in [-0.25, -0.2) is 9.59 Å². The van der Waals surface area contributed by atoms with Gasteiger partial charge in [-0.1, -0.05) is 15.9 Å². The quantitative estimate of drug-likeness (QED) is 0.342. The van der Waals surface area contributed by atoms with Crippen LogP contribution in [-0.2, 0) is 28.4 Å². The van der Waals surface area contributed by atoms with E-state index in [1.54, 1.807) is 32.0 Å². The van der Waals surface area contributed by atoms with Crippen LogP contribution in [0.3, 0.4) is 0 Å². The van der Waals surface area contributed by atoms with E-state index >= 15 is 0 Å². The molecule has 2 aromatic carbocycles. The third kappa shape index (κ3) is 6.31. The summed E-state index contributed by atoms with van der Waals surface area (Å²) >= 11 is 3.33. The van der Waals surface area contributed by atoms with Gasteiger partial charge in [0, 0.05) is 17.1 Å². The summed E-state index contributed by atoms with van der Waals surface area (Å²) in [5.41, 5.74) is -2.54. The van der Waals surface area contributed by atoms with E-state index in [1.165, 1.54) is 4.90 Å². The van der Waals surface area contributed by atoms with Crippen LogP contribution in [0.15, 0.2) is 40.9 Å². The van der Waals surface area contributed by atoms with Gasteiger partial charge in [-0.2, -0.15) is 26.3 Å². The number of hydrogen-bond acceptors (Lipinski definition) is 4. The maximum Gasteiger partial charge on any atom is 0.416 e. The molecule has 1 heterocycles. The van der Waals surface area contributed by atoms with Crippen LogP contribution in [0.4, 0.5) is 41.6 Å². The van der Waals surface area contributed by atoms with E-state index in [0.717, 1.165) is 12.0 Å². The molecule has 0 saturated heterocycles. The Balaban J connectivity index is 2.12. The number of amides is 2. The zero-order valence-electron chi connectivity index (χ0n) is 19.9. The van der Waals surface area contributed by atoms with Gasteiger partial charge in [0.25, 0.3) is 0 Å². The van der Waals surface area contributed by atoms with Crippen LogP contribution in [0.25, 0.3) is 0 Å². The number of hydrogen-bond donors (Lipinski definition) is 0. The third-order valence-corrected chi connectivity index (χ3v) is 6.36. The smallest absolute Gasteiger partial charge is 0.416 e. The number of benzene rings is 2. The molecule has 3 rings (SSSR count). The molecule has 1 aliphatic rings. The molecule has 2 atom stereocenters. The average molecular weight is 597 g/mol. The number of nitrogens with zero attached hydrogens (tertiary/aromatic N) is 2. The van der Waals surface area contributed by atoms with Crippen molar-refractivity contribution in [3.05, 3.63) is 63.1 Å². The third-order valence-electron chi connectivity index (χ3n) is 5.86. The van der Waals surface area contributed by atoms with Gasteiger partial charge in [-0.15, -0.1) is 0 Å². The zero-order chi connectivity index (χ0) is 27.7. The topological polar surface area (TPSA) is 59.1 Å². The molecule has 6 nitrogen and oxygen atoms in total. The lowest BCUT2D eigenvalue weighted by molar-refractivity contribution is -0.143. The van der Waals surface area contributed by atoms with Crippen molar-refractivity contribution in [3.63, 3.8) is 0 Å². The second-order valence-corrected chi connectivity index (χ2v) is 9.30. The first-order valence-electron chi connectivity index (χ1n) is 11.1. The van der Waals surface area contributed by atoms with Crippen molar-refractivity contribution >= 4 is 33.8 Å². The molecule has 0 aliphatic carbocycles. The summed E-state index contributed by atoms with van der Waals surface area (Å²) in [6.45, 7) is 2.84. The molecule has 1 aliphatic heterocycles. The van der Waals surface area contributed by atoms with E-state index in [2.05, 4.69) is 15.9 Å². The van der Waals surface area contributed by atoms with Gasteiger partial charge in [0.15, 0.2) is 0 Å². The highest BCUT2D eigenvalue weighted by Gasteiger charge is 2.41. The Morgan fingerprint density at radius 2 is 1.65 bits per heavy atom. The van der Waals surface area contributed by atoms with Crippen molar-refractivity contribution in [2.75, 3.05) is 18.6 Å². The van der Waals surface area contributed by atoms with E-state index in [4.69, 9.17) is 9.47 Å². The highest BCUT2D eigenvalue weighted by atomic mass is 79.9. The van der Waals surface area contributed by atoms with Gasteiger partial charge in [0.05, 0.1) is 36.6 Å². The number of carbonyl (C=O) groups is 2. The van der Waals surface area contributed by atoms with Gasteiger partial charge < -0.3 is 9.47 Å². The first-order chi connectivity index (χ1) is 17.2. The van der Waals surface area contributed by atoms with Gasteiger partial charge in [-0.3, -0.25) is 9.80 Å². The van der Waals surface area contributed by atoms with Crippen molar-refractivity contribution in [1.82, 2.24) is 4.90 Å². The molecule has 2 amide bonds. The monoisotopic (exact) mass is 596 g/mol. The minimum absolute atomic E-state index is 0.0261. The number of anilines is 1. The van der Waals surface area contributed by atoms with Crippen LogP contribution < -0.4 is 4.90 Å². The Morgan fingerprint density at radius 3 is 2.16 bits per heavy atom. The second-order valence-electron chi connectivity index (χ2n) is 8.38. The Kier molecular flexibility index (Phi) is 8.35. The maximum absolute atomic E-state index is 13.4. The van der Waals surface area contributed by atoms with Crippen molar-refractivity contribution in [3.8, 4) is 0 Å². The molecule has 0 fully saturated rings. The lowest BCUT2D eigenvalue weighted by atomic mass is 9.90. The van der Waals surface area contributed by atoms with Crippen LogP contribution in [-0.4, -0.2) is 36.8 Å². The van der Waals surface area contributed by atoms with Gasteiger partial charge >= 0.3 is 24.5 Å². The molecule has 0 bridgehead atoms. The van der Waals surface area contributed by atoms with Crippen LogP contribution in [0.1, 0.15) is 48.6 Å². The van der Waals surface area contributed by atoms with E-state index in [9.17, 15) is 35.9 Å². The summed E-state index contributed by atoms with van der Waals surface area (Å²) in [6, 6.07) is 4.70. The Bertz CT molecular complexity index is 1140. The van der Waals surface area contributed by atoms with Crippen LogP contribution in [0.5, 0.6) is 0 Å². The number of carbonyl (C=O) groups excluding carboxylic acids is 2. The number of halogens is 7. The second kappa shape index (κ2) is 10.8. The largest absolute Gasteiger partial charge is 0.453 e. The Hall–Kier alpha value is -2.96. The fraction of sp³-hybridized carbons (Fsp3) is 0.417. The van der Waals surface area contributed by atoms with E-state index in [1.807, 2.05) is 0 Å². The lowest BCUT2D eigenvalue weighted by Crippen LogP contribution is -2.47. The summed E-state index contributed by atoms with van der Waals surface area (Å²) in [5, 5.41) is 0. The summed E-state index contributed by atoms with van der Waals surface area (Å²) in [7, 11) is 1.06. The average Bonchev–Trinajstić information content (AvgIpc) is 2.80. The summed E-state index contributed by atoms with van der Waals surface area (Å²) < 4.78 is 91.0. The van der Waals surface area contributed by atoms with Gasteiger partial charge in [0.2, 0.25) is 0 Å². The van der Waals surface area contributed by atoms with Crippen LogP contribution in [0, 0.1) is 0 Å². The molecule has 0 N–H and O–H groups in total. The number of fused-ring (bicyclic) bond motifs is 1. The predicted molar refractivity (Wildman–Crippen MR) is 125 cm³/mol. The lowest BCUT2D eigenvalue weighted by Gasteiger charge is -2.42. The van der Waals surface area contributed by atoms with E-state index in [0.29, 0.717) is 27.9 Å². The molecule has 0 saturated carbocycles. The van der Waals surface area contributed by atoms with E-state index in [-0.39, 0.29) is 24.7 Å². The molecule has 2 aromatic rings. The number of alkyl halides is 6. The van der Waals surface area contributed by atoms with Crippen LogP contribution >= 0.6 is 15.9 Å². The summed E-state index contributed by atoms with van der Waals surface area (Å²) in [5.74, 6) is 0. The Labute approximate surface area is 217 Å². The van der Waals surface area contributed by atoms with Crippen molar-refractivity contribution in [1.29, 1.82) is 0 Å². The molecule has 0 aromatic heterocycles. The minimum atomic E-state index is -5.04. The molecular weight excluding hydrogens is 574 g/mol. The zero-order valence-corrected chi connectivity index (χ0v) is 21.5. The standard InChI is InChI=1S/C24H23BrF6N2O4/c1-4-37-22(35)33-13(2)7-20(18-11-17(25)5-6-19(18)33)32(21(34)36-3)12-14-8-15(23(26,27)28)10-16(9-14)24(29,30)31/h5-6,8-11,13,20H,4,7,12H2,1-3H3/t13-,20+/m1/s1. The van der Waals surface area contributed by atoms with Gasteiger partial charge in [0.1, 0.15) is 0 Å². The Morgan fingerprint density at radius 1 is 1.05 bits per heavy atom. The fourth-order valence-electron chi connectivity index (χ4n) is 4.30. The summed E-state index contributed by atoms with van der Waals surface area (Å²) in [6.07, 6.45) is -11.6. The maximum atomic E-state index is 13.4. The highest BCUT2D eigenvalue weighted by molar-refractivity contribution is 9.10. The predicted octanol–water partition coefficient (Wildman–Crippen LogP) is 7.55. The number of methoxy groups -OCH3 is 1. The fourth-order valence-corrected chi connectivity index (χ4v) is 4.68. The van der Waals surface area contributed by atoms with Crippen molar-refractivity contribution in [2.45, 2.75) is 51.2 Å². The first-order valence-corrected chi connectivity index (χ1v) is 11.8. The first kappa shape index (κ1) is 28.6. The normalized spacial score (nSPS) is 17.7. The number of ether oxygens (including phenoxy) is 2. The molecule has 0 radical (unpaired) electrons. The highest BCUT2D eigenvalue weighted by Crippen LogP contribution is 2.43. The molecule has 0 unspecified atom stereocenters. The van der Waals surface area contributed by atoms with E-state index < -0.39 is 54.3 Å². The molecule has 202 valence electrons. The van der Waals surface area contributed by atoms with Crippen LogP contribution in [0.2, 0.25) is 0 Å². The summed E-state index contributed by atoms with van der Waals surface area (Å²) in [4.78, 5) is 27.9. The minimum Gasteiger partial charge on any atom is -0.453 e. The van der Waals surface area contributed by atoms with Crippen molar-refractivity contribution in [2.24, 2.45) is 0 Å². The molecule has 0 spiro atoms. The van der Waals surface area contributed by atoms with Gasteiger partial charge in [-0.05, 0) is 67.8 Å². The molecular formula is C24H23BrF6N2O4. The number of rotatable bonds is 4. The molecule has 13 heteroatoms.